The van der Waals surface area contributed by atoms with Crippen molar-refractivity contribution >= 4 is 35.2 Å². The molecule has 1 heterocycles. The van der Waals surface area contributed by atoms with Crippen LogP contribution in [0.25, 0.3) is 0 Å². The Morgan fingerprint density at radius 2 is 2.15 bits per heavy atom. The van der Waals surface area contributed by atoms with Gasteiger partial charge in [0.25, 0.3) is 0 Å². The lowest BCUT2D eigenvalue weighted by molar-refractivity contribution is -0.120. The molecule has 1 N–H and O–H groups in total. The van der Waals surface area contributed by atoms with E-state index >= 15 is 0 Å². The fraction of sp³-hybridized carbons (Fsp3) is 0.200. The summed E-state index contributed by atoms with van der Waals surface area (Å²) in [6.07, 6.45) is 2.16. The van der Waals surface area contributed by atoms with E-state index in [1.165, 1.54) is 10.5 Å². The van der Waals surface area contributed by atoms with Crippen molar-refractivity contribution in [3.05, 3.63) is 52.2 Å². The average Bonchev–Trinajstić information content (AvgIpc) is 2.86. The molecule has 0 unspecified atom stereocenters. The summed E-state index contributed by atoms with van der Waals surface area (Å²) in [6, 6.07) is 12.1. The molecule has 0 radical (unpaired) electrons. The van der Waals surface area contributed by atoms with Crippen LogP contribution in [-0.2, 0) is 4.79 Å². The standard InChI is InChI=1S/C15H16N2OS2/c1-12-7-9-20-14(12)11-16-17-15(18)8-10-19-13-5-3-2-4-6-13/h2-7,9,11H,8,10H2,1H3,(H,17,18)/b16-11-. The number of hydrogen-bond donors (Lipinski definition) is 1. The van der Waals surface area contributed by atoms with Crippen LogP contribution in [0.15, 0.2) is 51.8 Å². The highest BCUT2D eigenvalue weighted by Gasteiger charge is 2.01. The second-order valence-corrected chi connectivity index (χ2v) is 6.29. The van der Waals surface area contributed by atoms with Crippen molar-refractivity contribution in [2.24, 2.45) is 5.10 Å². The molecule has 5 heteroatoms. The third kappa shape index (κ3) is 4.83. The number of nitrogens with one attached hydrogen (secondary N) is 1. The Bertz CT molecular complexity index is 579. The first-order chi connectivity index (χ1) is 9.75. The molecule has 3 nitrogen and oxygen atoms in total. The normalized spacial score (nSPS) is 10.8. The van der Waals surface area contributed by atoms with E-state index in [1.54, 1.807) is 29.3 Å². The van der Waals surface area contributed by atoms with Crippen LogP contribution >= 0.6 is 23.1 Å². The van der Waals surface area contributed by atoms with Gasteiger partial charge >= 0.3 is 0 Å². The highest BCUT2D eigenvalue weighted by molar-refractivity contribution is 7.99. The number of amides is 1. The highest BCUT2D eigenvalue weighted by Crippen LogP contribution is 2.17. The predicted octanol–water partition coefficient (Wildman–Crippen LogP) is 3.69. The van der Waals surface area contributed by atoms with Gasteiger partial charge in [-0.2, -0.15) is 5.10 Å². The molecule has 0 bridgehead atoms. The maximum absolute atomic E-state index is 11.6. The Labute approximate surface area is 127 Å². The van der Waals surface area contributed by atoms with E-state index < -0.39 is 0 Å². The van der Waals surface area contributed by atoms with Gasteiger partial charge in [-0.3, -0.25) is 4.79 Å². The predicted molar refractivity (Wildman–Crippen MR) is 86.6 cm³/mol. The van der Waals surface area contributed by atoms with Crippen molar-refractivity contribution in [1.29, 1.82) is 0 Å². The smallest absolute Gasteiger partial charge is 0.240 e. The summed E-state index contributed by atoms with van der Waals surface area (Å²) in [6.45, 7) is 2.02. The summed E-state index contributed by atoms with van der Waals surface area (Å²) in [5.41, 5.74) is 3.73. The Morgan fingerprint density at radius 1 is 1.35 bits per heavy atom. The van der Waals surface area contributed by atoms with E-state index in [0.717, 1.165) is 10.6 Å². The monoisotopic (exact) mass is 304 g/mol. The Kier molecular flexibility index (Phi) is 5.83. The number of rotatable bonds is 6. The number of hydrogen-bond acceptors (Lipinski definition) is 4. The average molecular weight is 304 g/mol. The van der Waals surface area contributed by atoms with Crippen molar-refractivity contribution in [3.63, 3.8) is 0 Å². The van der Waals surface area contributed by atoms with Crippen LogP contribution in [0.3, 0.4) is 0 Å². The van der Waals surface area contributed by atoms with Crippen molar-refractivity contribution in [2.45, 2.75) is 18.2 Å². The fourth-order valence-electron chi connectivity index (χ4n) is 1.51. The summed E-state index contributed by atoms with van der Waals surface area (Å²) in [5.74, 6) is 0.697. The summed E-state index contributed by atoms with van der Waals surface area (Å²) < 4.78 is 0. The quantitative estimate of drug-likeness (QED) is 0.502. The zero-order valence-corrected chi connectivity index (χ0v) is 12.8. The number of hydrazone groups is 1. The van der Waals surface area contributed by atoms with Gasteiger partial charge in [0.15, 0.2) is 0 Å². The summed E-state index contributed by atoms with van der Waals surface area (Å²) in [5, 5.41) is 5.99. The van der Waals surface area contributed by atoms with Gasteiger partial charge in [-0.05, 0) is 36.1 Å². The van der Waals surface area contributed by atoms with Gasteiger partial charge in [0, 0.05) is 21.9 Å². The van der Waals surface area contributed by atoms with Crippen LogP contribution in [-0.4, -0.2) is 17.9 Å². The van der Waals surface area contributed by atoms with Gasteiger partial charge in [-0.25, -0.2) is 5.43 Å². The lowest BCUT2D eigenvalue weighted by Crippen LogP contribution is -2.17. The second-order valence-electron chi connectivity index (χ2n) is 4.17. The molecule has 0 aliphatic rings. The molecule has 104 valence electrons. The number of carbonyl (C=O) groups excluding carboxylic acids is 1. The minimum atomic E-state index is -0.0566. The lowest BCUT2D eigenvalue weighted by Gasteiger charge is -2.00. The Balaban J connectivity index is 1.68. The zero-order chi connectivity index (χ0) is 14.2. The number of thioether (sulfide) groups is 1. The Hall–Kier alpha value is -1.59. The number of aryl methyl sites for hydroxylation is 1. The van der Waals surface area contributed by atoms with Crippen molar-refractivity contribution in [1.82, 2.24) is 5.43 Å². The third-order valence-electron chi connectivity index (χ3n) is 2.61. The third-order valence-corrected chi connectivity index (χ3v) is 4.58. The summed E-state index contributed by atoms with van der Waals surface area (Å²) >= 11 is 3.28. The van der Waals surface area contributed by atoms with Gasteiger partial charge in [0.2, 0.25) is 5.91 Å². The van der Waals surface area contributed by atoms with E-state index in [0.29, 0.717) is 6.42 Å². The molecule has 1 aromatic heterocycles. The molecular formula is C15H16N2OS2. The maximum atomic E-state index is 11.6. The first-order valence-electron chi connectivity index (χ1n) is 6.29. The van der Waals surface area contributed by atoms with Crippen LogP contribution in [0.2, 0.25) is 0 Å². The molecule has 2 aromatic rings. The van der Waals surface area contributed by atoms with E-state index in [2.05, 4.69) is 10.5 Å². The van der Waals surface area contributed by atoms with Crippen LogP contribution < -0.4 is 5.43 Å². The zero-order valence-electron chi connectivity index (χ0n) is 11.2. The summed E-state index contributed by atoms with van der Waals surface area (Å²) in [7, 11) is 0. The molecule has 0 atom stereocenters. The van der Waals surface area contributed by atoms with Crippen molar-refractivity contribution in [3.8, 4) is 0 Å². The minimum Gasteiger partial charge on any atom is -0.273 e. The van der Waals surface area contributed by atoms with Crippen LogP contribution in [0.1, 0.15) is 16.9 Å². The van der Waals surface area contributed by atoms with E-state index in [1.807, 2.05) is 48.7 Å². The van der Waals surface area contributed by atoms with Crippen molar-refractivity contribution < 1.29 is 4.79 Å². The largest absolute Gasteiger partial charge is 0.273 e. The van der Waals surface area contributed by atoms with E-state index in [4.69, 9.17) is 0 Å². The first-order valence-corrected chi connectivity index (χ1v) is 8.16. The van der Waals surface area contributed by atoms with E-state index in [9.17, 15) is 4.79 Å². The molecule has 1 aromatic carbocycles. The molecule has 0 saturated carbocycles. The molecule has 0 spiro atoms. The molecular weight excluding hydrogens is 288 g/mol. The van der Waals surface area contributed by atoms with Crippen LogP contribution in [0.4, 0.5) is 0 Å². The van der Waals surface area contributed by atoms with Gasteiger partial charge in [-0.15, -0.1) is 23.1 Å². The summed E-state index contributed by atoms with van der Waals surface area (Å²) in [4.78, 5) is 13.9. The second kappa shape index (κ2) is 7.87. The highest BCUT2D eigenvalue weighted by atomic mass is 32.2. The number of benzene rings is 1. The Morgan fingerprint density at radius 3 is 2.85 bits per heavy atom. The number of thiophene rings is 1. The SMILES string of the molecule is Cc1ccsc1/C=N\NC(=O)CCSc1ccccc1. The van der Waals surface area contributed by atoms with Gasteiger partial charge in [-0.1, -0.05) is 18.2 Å². The maximum Gasteiger partial charge on any atom is 0.240 e. The van der Waals surface area contributed by atoms with Crippen molar-refractivity contribution in [2.75, 3.05) is 5.75 Å². The first kappa shape index (κ1) is 14.8. The topological polar surface area (TPSA) is 41.5 Å². The number of nitrogens with zero attached hydrogens (tertiary/aromatic N) is 1. The molecule has 1 amide bonds. The fourth-order valence-corrected chi connectivity index (χ4v) is 3.17. The van der Waals surface area contributed by atoms with Gasteiger partial charge in [0.1, 0.15) is 0 Å². The molecule has 0 aliphatic carbocycles. The molecule has 20 heavy (non-hydrogen) atoms. The van der Waals surface area contributed by atoms with Gasteiger partial charge in [0.05, 0.1) is 6.21 Å². The van der Waals surface area contributed by atoms with Crippen LogP contribution in [0, 0.1) is 6.92 Å². The van der Waals surface area contributed by atoms with Gasteiger partial charge < -0.3 is 0 Å². The molecule has 0 saturated heterocycles. The molecule has 0 aliphatic heterocycles. The molecule has 0 fully saturated rings. The lowest BCUT2D eigenvalue weighted by atomic mass is 10.3. The minimum absolute atomic E-state index is 0.0566. The van der Waals surface area contributed by atoms with Crippen LogP contribution in [0.5, 0.6) is 0 Å². The number of carbonyl (C=O) groups is 1. The van der Waals surface area contributed by atoms with E-state index in [-0.39, 0.29) is 5.91 Å². The molecule has 2 rings (SSSR count).